The predicted molar refractivity (Wildman–Crippen MR) is 90.7 cm³/mol. The van der Waals surface area contributed by atoms with Gasteiger partial charge in [0.25, 0.3) is 0 Å². The molecule has 6 atom stereocenters. The number of aryl methyl sites for hydroxylation is 1. The topological polar surface area (TPSA) is 37.4 Å². The van der Waals surface area contributed by atoms with Crippen LogP contribution < -0.4 is 4.90 Å². The summed E-state index contributed by atoms with van der Waals surface area (Å²) in [4.78, 5) is 27.7. The van der Waals surface area contributed by atoms with Crippen molar-refractivity contribution in [1.82, 2.24) is 0 Å². The summed E-state index contributed by atoms with van der Waals surface area (Å²) >= 11 is 3.48. The number of hydrogen-bond acceptors (Lipinski definition) is 2. The summed E-state index contributed by atoms with van der Waals surface area (Å²) < 4.78 is 0.984. The molecule has 2 saturated carbocycles. The molecule has 1 aromatic rings. The van der Waals surface area contributed by atoms with E-state index in [2.05, 4.69) is 35.0 Å². The highest BCUT2D eigenvalue weighted by molar-refractivity contribution is 9.10. The van der Waals surface area contributed by atoms with Crippen LogP contribution in [0.3, 0.4) is 0 Å². The molecule has 1 saturated heterocycles. The van der Waals surface area contributed by atoms with Crippen LogP contribution in [0.15, 0.2) is 34.8 Å². The lowest BCUT2D eigenvalue weighted by Gasteiger charge is -2.37. The molecule has 2 bridgehead atoms. The first-order valence-corrected chi connectivity index (χ1v) is 9.25. The van der Waals surface area contributed by atoms with E-state index < -0.39 is 0 Å². The zero-order valence-corrected chi connectivity index (χ0v) is 14.5. The van der Waals surface area contributed by atoms with Crippen molar-refractivity contribution in [1.29, 1.82) is 0 Å². The van der Waals surface area contributed by atoms with Gasteiger partial charge in [-0.15, -0.1) is 0 Å². The van der Waals surface area contributed by atoms with Gasteiger partial charge >= 0.3 is 0 Å². The molecule has 1 aliphatic heterocycles. The zero-order valence-electron chi connectivity index (χ0n) is 12.9. The summed E-state index contributed by atoms with van der Waals surface area (Å²) in [5.41, 5.74) is 1.83. The Kier molecular flexibility index (Phi) is 2.77. The Bertz CT molecular complexity index is 735. The van der Waals surface area contributed by atoms with Gasteiger partial charge in [-0.3, -0.25) is 9.59 Å². The number of carbonyl (C=O) groups excluding carboxylic acids is 2. The minimum atomic E-state index is -0.116. The van der Waals surface area contributed by atoms with Gasteiger partial charge in [0.1, 0.15) is 0 Å². The number of carbonyl (C=O) groups is 2. The number of hydrogen-bond donors (Lipinski definition) is 0. The van der Waals surface area contributed by atoms with Gasteiger partial charge in [0.2, 0.25) is 11.8 Å². The van der Waals surface area contributed by atoms with Gasteiger partial charge in [-0.2, -0.15) is 0 Å². The number of allylic oxidation sites excluding steroid dienone is 2. The van der Waals surface area contributed by atoms with Crippen molar-refractivity contribution in [2.45, 2.75) is 19.8 Å². The highest BCUT2D eigenvalue weighted by atomic mass is 79.9. The molecule has 0 unspecified atom stereocenters. The first-order chi connectivity index (χ1) is 11.1. The smallest absolute Gasteiger partial charge is 0.238 e. The highest BCUT2D eigenvalue weighted by Gasteiger charge is 2.67. The third kappa shape index (κ3) is 1.70. The van der Waals surface area contributed by atoms with E-state index in [0.717, 1.165) is 22.1 Å². The predicted octanol–water partition coefficient (Wildman–Crippen LogP) is 3.57. The van der Waals surface area contributed by atoms with Crippen molar-refractivity contribution in [3.05, 3.63) is 40.4 Å². The van der Waals surface area contributed by atoms with Gasteiger partial charge in [-0.1, -0.05) is 35.0 Å². The van der Waals surface area contributed by atoms with Crippen molar-refractivity contribution < 1.29 is 9.59 Å². The van der Waals surface area contributed by atoms with Gasteiger partial charge in [-0.05, 0) is 60.3 Å². The molecule has 1 heterocycles. The van der Waals surface area contributed by atoms with Gasteiger partial charge in [-0.25, -0.2) is 4.90 Å². The van der Waals surface area contributed by atoms with Crippen LogP contribution >= 0.6 is 15.9 Å². The summed E-state index contributed by atoms with van der Waals surface area (Å²) in [5, 5.41) is 0. The van der Waals surface area contributed by atoms with Crippen molar-refractivity contribution in [3.8, 4) is 0 Å². The first-order valence-electron chi connectivity index (χ1n) is 8.46. The summed E-state index contributed by atoms with van der Waals surface area (Å²) in [6.45, 7) is 2.06. The van der Waals surface area contributed by atoms with E-state index in [4.69, 9.17) is 0 Å². The maximum absolute atomic E-state index is 13.1. The van der Waals surface area contributed by atoms with E-state index in [0.29, 0.717) is 11.8 Å². The molecule has 4 heteroatoms. The third-order valence-corrected chi connectivity index (χ3v) is 6.82. The molecule has 0 spiro atoms. The van der Waals surface area contributed by atoms with Crippen molar-refractivity contribution in [2.24, 2.45) is 35.5 Å². The second-order valence-electron chi connectivity index (χ2n) is 7.29. The van der Waals surface area contributed by atoms with Crippen LogP contribution in [0.5, 0.6) is 0 Å². The Hall–Kier alpha value is -1.42. The maximum atomic E-state index is 13.1. The fourth-order valence-corrected chi connectivity index (χ4v) is 5.66. The average molecular weight is 372 g/mol. The zero-order chi connectivity index (χ0) is 15.9. The quantitative estimate of drug-likeness (QED) is 0.588. The third-order valence-electron chi connectivity index (χ3n) is 6.33. The molecule has 23 heavy (non-hydrogen) atoms. The van der Waals surface area contributed by atoms with Crippen LogP contribution in [-0.2, 0) is 16.0 Å². The minimum absolute atomic E-state index is 0.0294. The second-order valence-corrected chi connectivity index (χ2v) is 8.21. The SMILES string of the molecule is CCc1cc(Br)ccc1N1C(=O)[C@@H]2[C@H]3C=C[C@@H]([C@@H]4C[C@H]34)[C@@H]2C1=O. The molecule has 0 radical (unpaired) electrons. The largest absolute Gasteiger partial charge is 0.274 e. The number of imide groups is 1. The van der Waals surface area contributed by atoms with E-state index in [1.165, 1.54) is 11.3 Å². The molecule has 1 aromatic carbocycles. The lowest BCUT2D eigenvalue weighted by Crippen LogP contribution is -2.40. The van der Waals surface area contributed by atoms with Crippen molar-refractivity contribution in [3.63, 3.8) is 0 Å². The molecule has 3 nitrogen and oxygen atoms in total. The minimum Gasteiger partial charge on any atom is -0.274 e. The Morgan fingerprint density at radius 2 is 1.70 bits per heavy atom. The number of amides is 2. The molecule has 4 aliphatic carbocycles. The van der Waals surface area contributed by atoms with E-state index in [-0.39, 0.29) is 35.5 Å². The number of anilines is 1. The molecule has 2 amide bonds. The molecule has 5 aliphatic rings. The highest BCUT2D eigenvalue weighted by Crippen LogP contribution is 2.65. The average Bonchev–Trinajstić information content (AvgIpc) is 3.33. The fourth-order valence-electron chi connectivity index (χ4n) is 5.25. The lowest BCUT2D eigenvalue weighted by atomic mass is 9.63. The van der Waals surface area contributed by atoms with Crippen LogP contribution in [0.2, 0.25) is 0 Å². The maximum Gasteiger partial charge on any atom is 0.238 e. The standard InChI is InChI=1S/C19H18BrNO2/c1-2-9-7-10(20)3-6-15(9)21-18(22)16-11-4-5-12(14-8-13(11)14)17(16)19(21)23/h3-7,11-14,16-17H,2,8H2,1H3/t11-,12-,13-,14+,16-,17+/m0/s1. The lowest BCUT2D eigenvalue weighted by molar-refractivity contribution is -0.124. The van der Waals surface area contributed by atoms with Crippen LogP contribution in [0.1, 0.15) is 18.9 Å². The van der Waals surface area contributed by atoms with Crippen molar-refractivity contribution >= 4 is 33.4 Å². The van der Waals surface area contributed by atoms with Crippen molar-refractivity contribution in [2.75, 3.05) is 4.90 Å². The van der Waals surface area contributed by atoms with Crippen LogP contribution in [0.4, 0.5) is 5.69 Å². The van der Waals surface area contributed by atoms with E-state index in [1.807, 2.05) is 18.2 Å². The normalized spacial score (nSPS) is 39.7. The molecular weight excluding hydrogens is 354 g/mol. The molecule has 3 fully saturated rings. The number of benzene rings is 1. The number of nitrogens with zero attached hydrogens (tertiary/aromatic N) is 1. The van der Waals surface area contributed by atoms with E-state index >= 15 is 0 Å². The molecular formula is C19H18BrNO2. The summed E-state index contributed by atoms with van der Waals surface area (Å²) in [7, 11) is 0. The molecule has 6 rings (SSSR count). The first kappa shape index (κ1) is 14.0. The van der Waals surface area contributed by atoms with Gasteiger partial charge in [0, 0.05) is 4.47 Å². The Morgan fingerprint density at radius 3 is 2.26 bits per heavy atom. The summed E-state index contributed by atoms with van der Waals surface area (Å²) in [6.07, 6.45) is 6.44. The van der Waals surface area contributed by atoms with Gasteiger partial charge in [0.15, 0.2) is 0 Å². The van der Waals surface area contributed by atoms with Crippen LogP contribution in [0.25, 0.3) is 0 Å². The number of rotatable bonds is 2. The van der Waals surface area contributed by atoms with E-state index in [1.54, 1.807) is 0 Å². The molecule has 118 valence electrons. The van der Waals surface area contributed by atoms with Gasteiger partial charge < -0.3 is 0 Å². The molecule has 0 aromatic heterocycles. The Labute approximate surface area is 143 Å². The second kappa shape index (κ2) is 4.56. The van der Waals surface area contributed by atoms with Gasteiger partial charge in [0.05, 0.1) is 17.5 Å². The van der Waals surface area contributed by atoms with E-state index in [9.17, 15) is 9.59 Å². The summed E-state index contributed by atoms with van der Waals surface area (Å²) in [5.74, 6) is 1.71. The fraction of sp³-hybridized carbons (Fsp3) is 0.474. The van der Waals surface area contributed by atoms with Crippen LogP contribution in [-0.4, -0.2) is 11.8 Å². The molecule has 0 N–H and O–H groups in total. The monoisotopic (exact) mass is 371 g/mol. The summed E-state index contributed by atoms with van der Waals surface area (Å²) in [6, 6.07) is 5.84. The number of halogens is 1. The Morgan fingerprint density at radius 1 is 1.09 bits per heavy atom. The Balaban J connectivity index is 1.60. The van der Waals surface area contributed by atoms with Crippen LogP contribution in [0, 0.1) is 35.5 Å².